The van der Waals surface area contributed by atoms with Crippen LogP contribution in [0.1, 0.15) is 18.1 Å². The van der Waals surface area contributed by atoms with Crippen molar-refractivity contribution in [3.63, 3.8) is 0 Å². The Hall–Kier alpha value is -1.27. The number of ether oxygens (including phenoxy) is 2. The van der Waals surface area contributed by atoms with Gasteiger partial charge in [-0.2, -0.15) is 0 Å². The quantitative estimate of drug-likeness (QED) is 0.862. The second-order valence-corrected chi connectivity index (χ2v) is 5.68. The van der Waals surface area contributed by atoms with E-state index in [9.17, 15) is 4.79 Å². The highest BCUT2D eigenvalue weighted by Crippen LogP contribution is 2.32. The minimum absolute atomic E-state index is 0.000740. The van der Waals surface area contributed by atoms with Gasteiger partial charge in [0.25, 0.3) is 0 Å². The molecule has 0 spiro atoms. The molecule has 0 aromatic heterocycles. The zero-order valence-corrected chi connectivity index (χ0v) is 13.2. The van der Waals surface area contributed by atoms with E-state index in [0.29, 0.717) is 19.7 Å². The molecule has 110 valence electrons. The molecule has 1 aliphatic rings. The van der Waals surface area contributed by atoms with E-state index >= 15 is 0 Å². The third-order valence-corrected chi connectivity index (χ3v) is 3.68. The summed E-state index contributed by atoms with van der Waals surface area (Å²) in [6.07, 6.45) is 0.915. The number of benzene rings is 1. The van der Waals surface area contributed by atoms with Gasteiger partial charge in [0.05, 0.1) is 12.7 Å². The Morgan fingerprint density at radius 1 is 1.50 bits per heavy atom. The van der Waals surface area contributed by atoms with Gasteiger partial charge in [0.15, 0.2) is 0 Å². The maximum atomic E-state index is 11.7. The van der Waals surface area contributed by atoms with Crippen LogP contribution in [-0.4, -0.2) is 32.4 Å². The lowest BCUT2D eigenvalue weighted by Crippen LogP contribution is -2.39. The Balaban J connectivity index is 1.90. The lowest BCUT2D eigenvalue weighted by Gasteiger charge is -2.13. The molecule has 2 rings (SSSR count). The second kappa shape index (κ2) is 6.95. The second-order valence-electron chi connectivity index (χ2n) is 4.76. The summed E-state index contributed by atoms with van der Waals surface area (Å²) in [5, 5.41) is 5.59. The fraction of sp³-hybridized carbons (Fsp3) is 0.500. The molecule has 1 aliphatic heterocycles. The maximum Gasteiger partial charge on any atom is 0.315 e. The normalized spacial score (nSPS) is 14.3. The van der Waals surface area contributed by atoms with E-state index in [-0.39, 0.29) is 12.1 Å². The minimum atomic E-state index is -0.208. The highest BCUT2D eigenvalue weighted by Gasteiger charge is 2.17. The minimum Gasteiger partial charge on any atom is -0.493 e. The van der Waals surface area contributed by atoms with Crippen molar-refractivity contribution in [2.75, 3.05) is 20.3 Å². The van der Waals surface area contributed by atoms with Crippen molar-refractivity contribution >= 4 is 22.0 Å². The van der Waals surface area contributed by atoms with Gasteiger partial charge in [-0.05, 0) is 24.6 Å². The third-order valence-electron chi connectivity index (χ3n) is 3.22. The van der Waals surface area contributed by atoms with Crippen LogP contribution in [0.3, 0.4) is 0 Å². The predicted molar refractivity (Wildman–Crippen MR) is 80.1 cm³/mol. The Kier molecular flexibility index (Phi) is 5.25. The number of hydrogen-bond acceptors (Lipinski definition) is 3. The van der Waals surface area contributed by atoms with Gasteiger partial charge in [-0.1, -0.05) is 15.9 Å². The Morgan fingerprint density at radius 3 is 3.05 bits per heavy atom. The molecule has 0 saturated heterocycles. The molecule has 0 bridgehead atoms. The molecule has 0 radical (unpaired) electrons. The first-order chi connectivity index (χ1) is 9.60. The summed E-state index contributed by atoms with van der Waals surface area (Å²) in [6.45, 7) is 3.52. The van der Waals surface area contributed by atoms with E-state index in [1.165, 1.54) is 5.56 Å². The molecule has 0 fully saturated rings. The molecule has 2 amide bonds. The summed E-state index contributed by atoms with van der Waals surface area (Å²) < 4.78 is 11.7. The molecule has 2 N–H and O–H groups in total. The Bertz CT molecular complexity index is 494. The smallest absolute Gasteiger partial charge is 0.315 e. The Labute approximate surface area is 127 Å². The van der Waals surface area contributed by atoms with E-state index in [4.69, 9.17) is 9.47 Å². The van der Waals surface area contributed by atoms with Crippen LogP contribution in [0.15, 0.2) is 16.6 Å². The summed E-state index contributed by atoms with van der Waals surface area (Å²) in [5.74, 6) is 0.902. The van der Waals surface area contributed by atoms with Crippen molar-refractivity contribution in [1.82, 2.24) is 10.6 Å². The van der Waals surface area contributed by atoms with Gasteiger partial charge < -0.3 is 20.1 Å². The zero-order valence-electron chi connectivity index (χ0n) is 11.7. The van der Waals surface area contributed by atoms with Crippen LogP contribution in [0.4, 0.5) is 4.79 Å². The van der Waals surface area contributed by atoms with Gasteiger partial charge in [0.1, 0.15) is 5.75 Å². The van der Waals surface area contributed by atoms with Gasteiger partial charge in [-0.3, -0.25) is 0 Å². The average molecular weight is 343 g/mol. The first-order valence-corrected chi connectivity index (χ1v) is 7.38. The highest BCUT2D eigenvalue weighted by molar-refractivity contribution is 9.10. The van der Waals surface area contributed by atoms with E-state index in [1.54, 1.807) is 7.11 Å². The number of rotatable bonds is 5. The van der Waals surface area contributed by atoms with E-state index in [0.717, 1.165) is 22.2 Å². The topological polar surface area (TPSA) is 59.6 Å². The molecule has 1 aromatic carbocycles. The van der Waals surface area contributed by atoms with Crippen molar-refractivity contribution in [3.05, 3.63) is 27.7 Å². The SMILES string of the molecule is CO[C@@H](C)CNC(=O)NCc1cc(Br)cc2c1OCC2. The van der Waals surface area contributed by atoms with Crippen molar-refractivity contribution < 1.29 is 14.3 Å². The third kappa shape index (κ3) is 3.86. The average Bonchev–Trinajstić information content (AvgIpc) is 2.90. The number of halogens is 1. The number of methoxy groups -OCH3 is 1. The lowest BCUT2D eigenvalue weighted by molar-refractivity contribution is 0.118. The molecule has 0 unspecified atom stereocenters. The first-order valence-electron chi connectivity index (χ1n) is 6.58. The first kappa shape index (κ1) is 15.1. The Morgan fingerprint density at radius 2 is 2.30 bits per heavy atom. The van der Waals surface area contributed by atoms with Crippen LogP contribution in [0.5, 0.6) is 5.75 Å². The number of fused-ring (bicyclic) bond motifs is 1. The van der Waals surface area contributed by atoms with Crippen LogP contribution in [0.25, 0.3) is 0 Å². The van der Waals surface area contributed by atoms with E-state index in [1.807, 2.05) is 13.0 Å². The molecule has 1 atom stereocenters. The molecule has 0 aliphatic carbocycles. The monoisotopic (exact) mass is 342 g/mol. The summed E-state index contributed by atoms with van der Waals surface area (Å²) >= 11 is 3.48. The number of carbonyl (C=O) groups excluding carboxylic acids is 1. The molecule has 20 heavy (non-hydrogen) atoms. The zero-order chi connectivity index (χ0) is 14.5. The summed E-state index contributed by atoms with van der Waals surface area (Å²) in [4.78, 5) is 11.7. The van der Waals surface area contributed by atoms with Gasteiger partial charge in [-0.15, -0.1) is 0 Å². The molecule has 1 heterocycles. The molecule has 1 aromatic rings. The van der Waals surface area contributed by atoms with Crippen molar-refractivity contribution in [3.8, 4) is 5.75 Å². The van der Waals surface area contributed by atoms with Gasteiger partial charge in [-0.25, -0.2) is 4.79 Å². The van der Waals surface area contributed by atoms with Gasteiger partial charge in [0, 0.05) is 36.7 Å². The highest BCUT2D eigenvalue weighted by atomic mass is 79.9. The van der Waals surface area contributed by atoms with E-state index in [2.05, 4.69) is 32.6 Å². The fourth-order valence-electron chi connectivity index (χ4n) is 2.04. The fourth-order valence-corrected chi connectivity index (χ4v) is 2.59. The number of hydrogen-bond donors (Lipinski definition) is 2. The van der Waals surface area contributed by atoms with Crippen LogP contribution in [0, 0.1) is 0 Å². The van der Waals surface area contributed by atoms with Crippen LogP contribution in [0.2, 0.25) is 0 Å². The number of amides is 2. The van der Waals surface area contributed by atoms with Crippen molar-refractivity contribution in [2.24, 2.45) is 0 Å². The summed E-state index contributed by atoms with van der Waals surface area (Å²) in [7, 11) is 1.62. The number of nitrogens with one attached hydrogen (secondary N) is 2. The molecule has 6 heteroatoms. The van der Waals surface area contributed by atoms with Gasteiger partial charge in [0.2, 0.25) is 0 Å². The predicted octanol–water partition coefficient (Wildman–Crippen LogP) is 2.22. The van der Waals surface area contributed by atoms with Crippen molar-refractivity contribution in [2.45, 2.75) is 26.0 Å². The summed E-state index contributed by atoms with van der Waals surface area (Å²) in [5.41, 5.74) is 2.17. The molecule has 5 nitrogen and oxygen atoms in total. The molecular formula is C14H19BrN2O3. The summed E-state index contributed by atoms with van der Waals surface area (Å²) in [6, 6.07) is 3.83. The van der Waals surface area contributed by atoms with Crippen LogP contribution < -0.4 is 15.4 Å². The number of urea groups is 1. The number of carbonyl (C=O) groups is 1. The lowest BCUT2D eigenvalue weighted by atomic mass is 10.1. The molecule has 0 saturated carbocycles. The van der Waals surface area contributed by atoms with Gasteiger partial charge >= 0.3 is 6.03 Å². The maximum absolute atomic E-state index is 11.7. The van der Waals surface area contributed by atoms with Crippen LogP contribution >= 0.6 is 15.9 Å². The standard InChI is InChI=1S/C14H19BrN2O3/c1-9(19-2)7-16-14(18)17-8-11-6-12(15)5-10-3-4-20-13(10)11/h5-6,9H,3-4,7-8H2,1-2H3,(H2,16,17,18)/t9-/m0/s1. The van der Waals surface area contributed by atoms with Crippen molar-refractivity contribution in [1.29, 1.82) is 0 Å². The molecular weight excluding hydrogens is 324 g/mol. The largest absolute Gasteiger partial charge is 0.493 e. The van der Waals surface area contributed by atoms with E-state index < -0.39 is 0 Å². The van der Waals surface area contributed by atoms with Crippen LogP contribution in [-0.2, 0) is 17.7 Å².